The van der Waals surface area contributed by atoms with Crippen LogP contribution >= 0.6 is 0 Å². The lowest BCUT2D eigenvalue weighted by Crippen LogP contribution is -2.44. The van der Waals surface area contributed by atoms with E-state index < -0.39 is 0 Å². The fraction of sp³-hybridized carbons (Fsp3) is 0.632. The molecule has 25 heavy (non-hydrogen) atoms. The summed E-state index contributed by atoms with van der Waals surface area (Å²) < 4.78 is 5.56. The summed E-state index contributed by atoms with van der Waals surface area (Å²) in [6.45, 7) is 4.28. The maximum atomic E-state index is 6.46. The minimum atomic E-state index is -0.265. The van der Waals surface area contributed by atoms with Crippen LogP contribution in [0.5, 0.6) is 0 Å². The predicted octanol–water partition coefficient (Wildman–Crippen LogP) is 3.50. The Bertz CT molecular complexity index is 703. The lowest BCUT2D eigenvalue weighted by atomic mass is 9.74. The van der Waals surface area contributed by atoms with Crippen molar-refractivity contribution in [2.45, 2.75) is 63.3 Å². The molecule has 2 atom stereocenters. The largest absolute Gasteiger partial charge is 0.357 e. The molecule has 0 aromatic carbocycles. The quantitative estimate of drug-likeness (QED) is 0.920. The van der Waals surface area contributed by atoms with Gasteiger partial charge in [-0.05, 0) is 51.2 Å². The fourth-order valence-corrected chi connectivity index (χ4v) is 4.09. The molecule has 0 radical (unpaired) electrons. The third-order valence-corrected chi connectivity index (χ3v) is 5.68. The number of nitrogens with zero attached hydrogens (tertiary/aromatic N) is 4. The molecule has 6 heteroatoms. The molecule has 2 fully saturated rings. The van der Waals surface area contributed by atoms with Crippen LogP contribution in [0.1, 0.15) is 63.7 Å². The Morgan fingerprint density at radius 2 is 2.00 bits per heavy atom. The van der Waals surface area contributed by atoms with E-state index in [4.69, 9.17) is 10.3 Å². The van der Waals surface area contributed by atoms with Crippen LogP contribution in [-0.4, -0.2) is 33.8 Å². The van der Waals surface area contributed by atoms with Crippen LogP contribution in [0.4, 0.5) is 5.82 Å². The number of anilines is 1. The molecular weight excluding hydrogens is 314 g/mol. The van der Waals surface area contributed by atoms with Crippen LogP contribution < -0.4 is 10.6 Å². The average Bonchev–Trinajstić information content (AvgIpc) is 3.12. The van der Waals surface area contributed by atoms with Crippen LogP contribution in [0.2, 0.25) is 0 Å². The molecule has 2 aromatic rings. The Balaban J connectivity index is 1.51. The normalized spacial score (nSPS) is 27.4. The van der Waals surface area contributed by atoms with Crippen molar-refractivity contribution in [1.82, 2.24) is 15.1 Å². The third-order valence-electron chi connectivity index (χ3n) is 5.68. The number of rotatable bonds is 3. The first-order chi connectivity index (χ1) is 12.1. The number of hydrogen-bond acceptors (Lipinski definition) is 6. The van der Waals surface area contributed by atoms with E-state index >= 15 is 0 Å². The molecule has 1 aliphatic heterocycles. The first-order valence-electron chi connectivity index (χ1n) is 9.47. The predicted molar refractivity (Wildman–Crippen MR) is 97.4 cm³/mol. The highest BCUT2D eigenvalue weighted by atomic mass is 16.5. The van der Waals surface area contributed by atoms with Gasteiger partial charge in [0.2, 0.25) is 11.7 Å². The average molecular weight is 341 g/mol. The van der Waals surface area contributed by atoms with Gasteiger partial charge in [0.25, 0.3) is 0 Å². The zero-order chi connectivity index (χ0) is 17.3. The summed E-state index contributed by atoms with van der Waals surface area (Å²) >= 11 is 0. The molecule has 3 heterocycles. The van der Waals surface area contributed by atoms with Crippen molar-refractivity contribution in [2.75, 3.05) is 18.0 Å². The Kier molecular flexibility index (Phi) is 4.46. The van der Waals surface area contributed by atoms with Crippen molar-refractivity contribution in [3.8, 4) is 11.4 Å². The topological polar surface area (TPSA) is 81.1 Å². The Labute approximate surface area is 148 Å². The molecule has 1 saturated carbocycles. The van der Waals surface area contributed by atoms with E-state index in [0.29, 0.717) is 11.7 Å². The van der Waals surface area contributed by atoms with E-state index in [0.717, 1.165) is 37.3 Å². The van der Waals surface area contributed by atoms with Crippen molar-refractivity contribution >= 4 is 5.82 Å². The van der Waals surface area contributed by atoms with Gasteiger partial charge in [0.1, 0.15) is 5.82 Å². The second-order valence-electron chi connectivity index (χ2n) is 7.71. The Hall–Kier alpha value is -1.95. The van der Waals surface area contributed by atoms with Crippen LogP contribution in [-0.2, 0) is 0 Å². The Morgan fingerprint density at radius 3 is 2.72 bits per heavy atom. The number of aromatic nitrogens is 3. The monoisotopic (exact) mass is 341 g/mol. The van der Waals surface area contributed by atoms with Gasteiger partial charge in [-0.15, -0.1) is 0 Å². The van der Waals surface area contributed by atoms with Gasteiger partial charge in [-0.25, -0.2) is 4.98 Å². The molecule has 0 spiro atoms. The van der Waals surface area contributed by atoms with Crippen LogP contribution in [0.3, 0.4) is 0 Å². The summed E-state index contributed by atoms with van der Waals surface area (Å²) in [5.41, 5.74) is 7.09. The van der Waals surface area contributed by atoms with Crippen molar-refractivity contribution in [3.05, 3.63) is 24.2 Å². The van der Waals surface area contributed by atoms with Crippen LogP contribution in [0.25, 0.3) is 11.4 Å². The third kappa shape index (κ3) is 3.40. The maximum Gasteiger partial charge on any atom is 0.231 e. The van der Waals surface area contributed by atoms with E-state index in [1.807, 2.05) is 12.3 Å². The number of nitrogens with two attached hydrogens (primary N) is 1. The Morgan fingerprint density at radius 1 is 1.16 bits per heavy atom. The molecule has 0 bridgehead atoms. The lowest BCUT2D eigenvalue weighted by molar-refractivity contribution is 0.223. The highest BCUT2D eigenvalue weighted by Crippen LogP contribution is 2.38. The van der Waals surface area contributed by atoms with E-state index in [1.165, 1.54) is 32.1 Å². The maximum absolute atomic E-state index is 6.46. The highest BCUT2D eigenvalue weighted by Gasteiger charge is 2.37. The fourth-order valence-electron chi connectivity index (χ4n) is 4.09. The van der Waals surface area contributed by atoms with Gasteiger partial charge in [-0.3, -0.25) is 0 Å². The number of hydrogen-bond donors (Lipinski definition) is 1. The van der Waals surface area contributed by atoms with E-state index in [1.54, 1.807) is 0 Å². The minimum Gasteiger partial charge on any atom is -0.357 e. The molecular formula is C19H27N5O. The van der Waals surface area contributed by atoms with Gasteiger partial charge < -0.3 is 15.2 Å². The summed E-state index contributed by atoms with van der Waals surface area (Å²) in [4.78, 5) is 11.6. The zero-order valence-electron chi connectivity index (χ0n) is 14.9. The van der Waals surface area contributed by atoms with Crippen LogP contribution in [0, 0.1) is 0 Å². The van der Waals surface area contributed by atoms with E-state index in [-0.39, 0.29) is 11.5 Å². The number of pyridine rings is 1. The zero-order valence-corrected chi connectivity index (χ0v) is 14.9. The van der Waals surface area contributed by atoms with Gasteiger partial charge >= 0.3 is 0 Å². The molecule has 2 aromatic heterocycles. The molecule has 2 aliphatic rings. The van der Waals surface area contributed by atoms with Crippen molar-refractivity contribution in [1.29, 1.82) is 0 Å². The molecule has 134 valence electrons. The van der Waals surface area contributed by atoms with Crippen molar-refractivity contribution < 1.29 is 4.52 Å². The summed E-state index contributed by atoms with van der Waals surface area (Å²) in [7, 11) is 0. The van der Waals surface area contributed by atoms with E-state index in [9.17, 15) is 0 Å². The first kappa shape index (κ1) is 16.5. The summed E-state index contributed by atoms with van der Waals surface area (Å²) in [6.07, 6.45) is 10.0. The summed E-state index contributed by atoms with van der Waals surface area (Å²) in [6, 6.07) is 4.10. The van der Waals surface area contributed by atoms with Gasteiger partial charge in [0, 0.05) is 30.4 Å². The highest BCUT2D eigenvalue weighted by molar-refractivity contribution is 5.56. The molecule has 1 aliphatic carbocycles. The lowest BCUT2D eigenvalue weighted by Gasteiger charge is -2.35. The van der Waals surface area contributed by atoms with Crippen molar-refractivity contribution in [2.24, 2.45) is 5.73 Å². The first-order valence-corrected chi connectivity index (χ1v) is 9.47. The second-order valence-corrected chi connectivity index (χ2v) is 7.71. The van der Waals surface area contributed by atoms with Gasteiger partial charge in [0.15, 0.2) is 0 Å². The number of piperidine rings is 1. The molecule has 2 unspecified atom stereocenters. The van der Waals surface area contributed by atoms with Crippen molar-refractivity contribution in [3.63, 3.8) is 0 Å². The standard InChI is InChI=1S/C19H27N5O/c1-19(20)10-4-3-7-15(19)18-22-17(23-25-18)14-8-9-16(21-13-14)24-11-5-2-6-12-24/h8-9,13,15H,2-7,10-12,20H2,1H3. The van der Waals surface area contributed by atoms with Gasteiger partial charge in [-0.1, -0.05) is 18.0 Å². The van der Waals surface area contributed by atoms with Crippen LogP contribution in [0.15, 0.2) is 22.9 Å². The van der Waals surface area contributed by atoms with Gasteiger partial charge in [0.05, 0.1) is 5.92 Å². The molecule has 6 nitrogen and oxygen atoms in total. The SMILES string of the molecule is CC1(N)CCCCC1c1nc(-c2ccc(N3CCCCC3)nc2)no1. The van der Waals surface area contributed by atoms with E-state index in [2.05, 4.69) is 33.0 Å². The molecule has 4 rings (SSSR count). The second kappa shape index (κ2) is 6.75. The molecule has 2 N–H and O–H groups in total. The summed E-state index contributed by atoms with van der Waals surface area (Å²) in [5, 5.41) is 4.17. The summed E-state index contributed by atoms with van der Waals surface area (Å²) in [5.74, 6) is 2.45. The molecule has 1 saturated heterocycles. The minimum absolute atomic E-state index is 0.142. The molecule has 0 amide bonds. The van der Waals surface area contributed by atoms with Gasteiger partial charge in [-0.2, -0.15) is 4.98 Å². The smallest absolute Gasteiger partial charge is 0.231 e.